The van der Waals surface area contributed by atoms with Crippen molar-refractivity contribution in [3.63, 3.8) is 0 Å². The molecule has 3 rings (SSSR count). The summed E-state index contributed by atoms with van der Waals surface area (Å²) in [6.07, 6.45) is 1.89. The van der Waals surface area contributed by atoms with E-state index in [0.29, 0.717) is 11.4 Å². The predicted octanol–water partition coefficient (Wildman–Crippen LogP) is 2.77. The summed E-state index contributed by atoms with van der Waals surface area (Å²) in [5.74, 6) is 0.606. The summed E-state index contributed by atoms with van der Waals surface area (Å²) < 4.78 is 7.05. The van der Waals surface area contributed by atoms with Crippen LogP contribution < -0.4 is 10.1 Å². The quantitative estimate of drug-likeness (QED) is 0.801. The van der Waals surface area contributed by atoms with Gasteiger partial charge in [0.05, 0.1) is 31.1 Å². The number of hydrogen-bond acceptors (Lipinski definition) is 4. The minimum Gasteiger partial charge on any atom is -0.496 e. The number of hydrogen-bond donors (Lipinski definition) is 1. The number of amides is 1. The van der Waals surface area contributed by atoms with Gasteiger partial charge in [-0.3, -0.25) is 9.48 Å². The van der Waals surface area contributed by atoms with Crippen molar-refractivity contribution in [2.24, 2.45) is 7.05 Å². The van der Waals surface area contributed by atoms with Crippen LogP contribution >= 0.6 is 0 Å². The Labute approximate surface area is 140 Å². The highest BCUT2D eigenvalue weighted by Crippen LogP contribution is 2.22. The van der Waals surface area contributed by atoms with Gasteiger partial charge in [-0.1, -0.05) is 17.7 Å². The van der Waals surface area contributed by atoms with Gasteiger partial charge in [0.2, 0.25) is 5.91 Å². The fourth-order valence-electron chi connectivity index (χ4n) is 2.80. The molecule has 0 unspecified atom stereocenters. The van der Waals surface area contributed by atoms with Crippen molar-refractivity contribution in [3.8, 4) is 5.75 Å². The highest BCUT2D eigenvalue weighted by Gasteiger charge is 2.12. The van der Waals surface area contributed by atoms with Gasteiger partial charge in [0.1, 0.15) is 5.75 Å². The second-order valence-electron chi connectivity index (χ2n) is 5.84. The minimum absolute atomic E-state index is 0.110. The molecule has 2 heterocycles. The van der Waals surface area contributed by atoms with Crippen molar-refractivity contribution >= 4 is 22.6 Å². The summed E-state index contributed by atoms with van der Waals surface area (Å²) in [5.41, 5.74) is 4.30. The smallest absolute Gasteiger partial charge is 0.228 e. The van der Waals surface area contributed by atoms with Crippen molar-refractivity contribution < 1.29 is 9.53 Å². The maximum absolute atomic E-state index is 12.4. The van der Waals surface area contributed by atoms with Crippen LogP contribution in [0.25, 0.3) is 11.0 Å². The van der Waals surface area contributed by atoms with E-state index in [-0.39, 0.29) is 12.3 Å². The van der Waals surface area contributed by atoms with Gasteiger partial charge in [0.15, 0.2) is 5.65 Å². The van der Waals surface area contributed by atoms with Crippen LogP contribution in [0.2, 0.25) is 0 Å². The molecule has 0 fully saturated rings. The van der Waals surface area contributed by atoms with Gasteiger partial charge in [-0.15, -0.1) is 0 Å². The van der Waals surface area contributed by atoms with Crippen molar-refractivity contribution in [2.45, 2.75) is 20.3 Å². The molecule has 24 heavy (non-hydrogen) atoms. The lowest BCUT2D eigenvalue weighted by atomic mass is 10.1. The van der Waals surface area contributed by atoms with Gasteiger partial charge in [-0.2, -0.15) is 5.10 Å². The fraction of sp³-hybridized carbons (Fsp3) is 0.278. The fourth-order valence-corrected chi connectivity index (χ4v) is 2.80. The molecule has 3 aromatic rings. The van der Waals surface area contributed by atoms with Crippen LogP contribution in [0.3, 0.4) is 0 Å². The number of anilines is 1. The lowest BCUT2D eigenvalue weighted by molar-refractivity contribution is -0.115. The Morgan fingerprint density at radius 1 is 1.29 bits per heavy atom. The Morgan fingerprint density at radius 3 is 2.83 bits per heavy atom. The lowest BCUT2D eigenvalue weighted by Gasteiger charge is -2.10. The van der Waals surface area contributed by atoms with E-state index in [1.54, 1.807) is 18.0 Å². The van der Waals surface area contributed by atoms with Crippen molar-refractivity contribution in [1.82, 2.24) is 14.8 Å². The molecule has 0 saturated heterocycles. The number of ether oxygens (including phenoxy) is 1. The molecule has 0 aliphatic heterocycles. The van der Waals surface area contributed by atoms with E-state index in [9.17, 15) is 4.79 Å². The molecule has 1 amide bonds. The molecule has 0 saturated carbocycles. The first-order valence-corrected chi connectivity index (χ1v) is 7.70. The normalized spacial score (nSPS) is 10.8. The van der Waals surface area contributed by atoms with Gasteiger partial charge in [-0.05, 0) is 26.0 Å². The second-order valence-corrected chi connectivity index (χ2v) is 5.84. The minimum atomic E-state index is -0.110. The summed E-state index contributed by atoms with van der Waals surface area (Å²) in [6.45, 7) is 3.91. The van der Waals surface area contributed by atoms with E-state index in [2.05, 4.69) is 15.4 Å². The molecule has 0 atom stereocenters. The molecule has 0 aliphatic carbocycles. The second kappa shape index (κ2) is 6.31. The first kappa shape index (κ1) is 16.0. The molecule has 0 radical (unpaired) electrons. The molecule has 124 valence electrons. The standard InChI is InChI=1S/C18H20N4O2/c1-11-5-6-16(24-4)13(7-11)8-17(23)20-14-9-15-12(2)21-22(3)18(15)19-10-14/h5-7,9-10H,8H2,1-4H3,(H,20,23). The number of carbonyl (C=O) groups is 1. The number of aryl methyl sites for hydroxylation is 3. The van der Waals surface area contributed by atoms with E-state index in [1.807, 2.05) is 45.2 Å². The van der Waals surface area contributed by atoms with E-state index in [4.69, 9.17) is 4.74 Å². The maximum Gasteiger partial charge on any atom is 0.228 e. The monoisotopic (exact) mass is 324 g/mol. The summed E-state index contributed by atoms with van der Waals surface area (Å²) in [5, 5.41) is 8.17. The topological polar surface area (TPSA) is 69.0 Å². The SMILES string of the molecule is COc1ccc(C)cc1CC(=O)Nc1cnc2c(c1)c(C)nn2C. The summed E-state index contributed by atoms with van der Waals surface area (Å²) in [4.78, 5) is 16.7. The number of aromatic nitrogens is 3. The van der Waals surface area contributed by atoms with E-state index in [0.717, 1.165) is 27.9 Å². The number of benzene rings is 1. The van der Waals surface area contributed by atoms with Crippen LogP contribution in [0.4, 0.5) is 5.69 Å². The van der Waals surface area contributed by atoms with Crippen LogP contribution in [0, 0.1) is 13.8 Å². The van der Waals surface area contributed by atoms with E-state index in [1.165, 1.54) is 0 Å². The molecular formula is C18H20N4O2. The molecule has 2 aromatic heterocycles. The number of nitrogens with zero attached hydrogens (tertiary/aromatic N) is 3. The Bertz CT molecular complexity index is 915. The Kier molecular flexibility index (Phi) is 4.20. The van der Waals surface area contributed by atoms with E-state index < -0.39 is 0 Å². The van der Waals surface area contributed by atoms with Crippen LogP contribution in [-0.2, 0) is 18.3 Å². The molecule has 0 spiro atoms. The zero-order chi connectivity index (χ0) is 17.3. The van der Waals surface area contributed by atoms with Crippen LogP contribution in [0.5, 0.6) is 5.75 Å². The molecular weight excluding hydrogens is 304 g/mol. The molecule has 0 bridgehead atoms. The lowest BCUT2D eigenvalue weighted by Crippen LogP contribution is -2.15. The molecule has 1 N–H and O–H groups in total. The van der Waals surface area contributed by atoms with Gasteiger partial charge < -0.3 is 10.1 Å². The van der Waals surface area contributed by atoms with Gasteiger partial charge in [-0.25, -0.2) is 4.98 Å². The third-order valence-electron chi connectivity index (χ3n) is 3.93. The first-order chi connectivity index (χ1) is 11.5. The number of rotatable bonds is 4. The van der Waals surface area contributed by atoms with Gasteiger partial charge >= 0.3 is 0 Å². The van der Waals surface area contributed by atoms with Gasteiger partial charge in [0, 0.05) is 18.0 Å². The van der Waals surface area contributed by atoms with Crippen LogP contribution in [0.15, 0.2) is 30.5 Å². The average molecular weight is 324 g/mol. The maximum atomic E-state index is 12.4. The summed E-state index contributed by atoms with van der Waals surface area (Å²) in [6, 6.07) is 7.70. The van der Waals surface area contributed by atoms with Gasteiger partial charge in [0.25, 0.3) is 0 Å². The number of pyridine rings is 1. The molecule has 1 aromatic carbocycles. The van der Waals surface area contributed by atoms with Crippen molar-refractivity contribution in [1.29, 1.82) is 0 Å². The third kappa shape index (κ3) is 3.08. The highest BCUT2D eigenvalue weighted by molar-refractivity contribution is 5.94. The van der Waals surface area contributed by atoms with Crippen LogP contribution in [-0.4, -0.2) is 27.8 Å². The number of carbonyl (C=O) groups excluding carboxylic acids is 1. The predicted molar refractivity (Wildman–Crippen MR) is 93.3 cm³/mol. The largest absolute Gasteiger partial charge is 0.496 e. The molecule has 6 heteroatoms. The summed E-state index contributed by atoms with van der Waals surface area (Å²) in [7, 11) is 3.46. The van der Waals surface area contributed by atoms with Crippen molar-refractivity contribution in [2.75, 3.05) is 12.4 Å². The zero-order valence-electron chi connectivity index (χ0n) is 14.3. The number of methoxy groups -OCH3 is 1. The zero-order valence-corrected chi connectivity index (χ0v) is 14.3. The Balaban J connectivity index is 1.80. The third-order valence-corrected chi connectivity index (χ3v) is 3.93. The van der Waals surface area contributed by atoms with Crippen molar-refractivity contribution in [3.05, 3.63) is 47.3 Å². The highest BCUT2D eigenvalue weighted by atomic mass is 16.5. The molecule has 6 nitrogen and oxygen atoms in total. The summed E-state index contributed by atoms with van der Waals surface area (Å²) >= 11 is 0. The number of nitrogens with one attached hydrogen (secondary N) is 1. The Morgan fingerprint density at radius 2 is 2.08 bits per heavy atom. The molecule has 0 aliphatic rings. The average Bonchev–Trinajstić information content (AvgIpc) is 2.82. The van der Waals surface area contributed by atoms with Crippen LogP contribution in [0.1, 0.15) is 16.8 Å². The number of fused-ring (bicyclic) bond motifs is 1. The Hall–Kier alpha value is -2.89. The van der Waals surface area contributed by atoms with E-state index >= 15 is 0 Å². The first-order valence-electron chi connectivity index (χ1n) is 7.70.